The second-order valence-corrected chi connectivity index (χ2v) is 8.83. The van der Waals surface area contributed by atoms with Crippen molar-refractivity contribution in [1.29, 1.82) is 0 Å². The van der Waals surface area contributed by atoms with Crippen molar-refractivity contribution in [3.63, 3.8) is 0 Å². The molecule has 1 N–H and O–H groups in total. The summed E-state index contributed by atoms with van der Waals surface area (Å²) >= 11 is 1.72. The Labute approximate surface area is 197 Å². The highest BCUT2D eigenvalue weighted by Crippen LogP contribution is 2.26. The topological polar surface area (TPSA) is 55.7 Å². The molecule has 0 spiro atoms. The fourth-order valence-corrected chi connectivity index (χ4v) is 4.87. The van der Waals surface area contributed by atoms with Crippen LogP contribution in [0.1, 0.15) is 29.4 Å². The number of fused-ring (bicyclic) bond motifs is 1. The van der Waals surface area contributed by atoms with Crippen LogP contribution >= 0.6 is 11.8 Å². The summed E-state index contributed by atoms with van der Waals surface area (Å²) in [5.74, 6) is 2.71. The van der Waals surface area contributed by atoms with Crippen molar-refractivity contribution in [1.82, 2.24) is 19.7 Å². The molecule has 0 saturated heterocycles. The molecule has 6 heteroatoms. The maximum Gasteiger partial charge on any atom is 0.191 e. The molecule has 0 unspecified atom stereocenters. The number of H-pyrrole nitrogens is 1. The molecule has 0 bridgehead atoms. The highest BCUT2D eigenvalue weighted by molar-refractivity contribution is 7.98. The van der Waals surface area contributed by atoms with Crippen LogP contribution in [0.4, 0.5) is 0 Å². The molecule has 0 radical (unpaired) electrons. The largest absolute Gasteiger partial charge is 0.489 e. The molecule has 3 aromatic carbocycles. The van der Waals surface area contributed by atoms with Gasteiger partial charge in [0.2, 0.25) is 0 Å². The van der Waals surface area contributed by atoms with E-state index in [4.69, 9.17) is 4.74 Å². The molecule has 166 valence electrons. The van der Waals surface area contributed by atoms with Gasteiger partial charge in [0.25, 0.3) is 0 Å². The van der Waals surface area contributed by atoms with Gasteiger partial charge in [0.15, 0.2) is 5.16 Å². The predicted octanol–water partition coefficient (Wildman–Crippen LogP) is 6.24. The van der Waals surface area contributed by atoms with E-state index in [1.807, 2.05) is 36.4 Å². The van der Waals surface area contributed by atoms with Crippen LogP contribution in [0.2, 0.25) is 0 Å². The van der Waals surface area contributed by atoms with Crippen molar-refractivity contribution in [3.05, 3.63) is 108 Å². The summed E-state index contributed by atoms with van der Waals surface area (Å²) in [5.41, 5.74) is 4.80. The molecular formula is C27H26N4OS. The van der Waals surface area contributed by atoms with Gasteiger partial charge in [0.1, 0.15) is 18.2 Å². The summed E-state index contributed by atoms with van der Waals surface area (Å²) in [4.78, 5) is 3.35. The summed E-state index contributed by atoms with van der Waals surface area (Å²) in [6.07, 6.45) is 2.84. The van der Waals surface area contributed by atoms with E-state index >= 15 is 0 Å². The number of benzene rings is 3. The van der Waals surface area contributed by atoms with Gasteiger partial charge in [-0.2, -0.15) is 0 Å². The Balaban J connectivity index is 1.21. The van der Waals surface area contributed by atoms with Crippen LogP contribution in [0.3, 0.4) is 0 Å². The van der Waals surface area contributed by atoms with E-state index in [9.17, 15) is 0 Å². The fourth-order valence-electron chi connectivity index (χ4n) is 3.89. The zero-order valence-electron chi connectivity index (χ0n) is 18.6. The Morgan fingerprint density at radius 2 is 1.67 bits per heavy atom. The third kappa shape index (κ3) is 4.96. The van der Waals surface area contributed by atoms with Crippen LogP contribution in [0.25, 0.3) is 10.9 Å². The summed E-state index contributed by atoms with van der Waals surface area (Å²) < 4.78 is 8.11. The molecule has 5 rings (SSSR count). The molecule has 0 aliphatic carbocycles. The molecule has 0 aliphatic rings. The summed E-state index contributed by atoms with van der Waals surface area (Å²) in [5, 5.41) is 11.2. The van der Waals surface area contributed by atoms with Gasteiger partial charge in [-0.3, -0.25) is 0 Å². The third-order valence-electron chi connectivity index (χ3n) is 5.67. The van der Waals surface area contributed by atoms with Crippen LogP contribution in [0, 0.1) is 0 Å². The number of rotatable bonds is 9. The van der Waals surface area contributed by atoms with Crippen LogP contribution in [0.15, 0.2) is 90.2 Å². The van der Waals surface area contributed by atoms with E-state index in [-0.39, 0.29) is 0 Å². The first-order valence-electron chi connectivity index (χ1n) is 11.2. The van der Waals surface area contributed by atoms with E-state index in [1.165, 1.54) is 22.1 Å². The molecule has 5 aromatic rings. The molecule has 0 fully saturated rings. The van der Waals surface area contributed by atoms with Gasteiger partial charge >= 0.3 is 0 Å². The lowest BCUT2D eigenvalue weighted by Crippen LogP contribution is -2.04. The fraction of sp³-hybridized carbons (Fsp3) is 0.185. The van der Waals surface area contributed by atoms with Crippen molar-refractivity contribution in [2.24, 2.45) is 0 Å². The average Bonchev–Trinajstić information content (AvgIpc) is 3.46. The van der Waals surface area contributed by atoms with Gasteiger partial charge in [-0.1, -0.05) is 72.4 Å². The number of thioether (sulfide) groups is 1. The number of aromatic nitrogens is 4. The van der Waals surface area contributed by atoms with Crippen molar-refractivity contribution in [3.8, 4) is 5.75 Å². The number of nitrogens with zero attached hydrogens (tertiary/aromatic N) is 3. The molecule has 2 heterocycles. The van der Waals surface area contributed by atoms with E-state index in [2.05, 4.69) is 75.3 Å². The van der Waals surface area contributed by atoms with Gasteiger partial charge in [-0.05, 0) is 41.8 Å². The van der Waals surface area contributed by atoms with Crippen molar-refractivity contribution in [2.45, 2.75) is 37.4 Å². The predicted molar refractivity (Wildman–Crippen MR) is 134 cm³/mol. The first-order valence-corrected chi connectivity index (χ1v) is 12.1. The van der Waals surface area contributed by atoms with Crippen molar-refractivity contribution in [2.75, 3.05) is 0 Å². The minimum atomic E-state index is 0.577. The zero-order chi connectivity index (χ0) is 22.5. The highest BCUT2D eigenvalue weighted by Gasteiger charge is 2.14. The molecule has 0 saturated carbocycles. The van der Waals surface area contributed by atoms with Crippen LogP contribution in [-0.2, 0) is 25.3 Å². The van der Waals surface area contributed by atoms with Crippen LogP contribution in [-0.4, -0.2) is 19.7 Å². The number of nitrogens with one attached hydrogen (secondary N) is 1. The minimum Gasteiger partial charge on any atom is -0.489 e. The van der Waals surface area contributed by atoms with E-state index in [0.29, 0.717) is 6.61 Å². The smallest absolute Gasteiger partial charge is 0.191 e. The lowest BCUT2D eigenvalue weighted by molar-refractivity contribution is 0.306. The summed E-state index contributed by atoms with van der Waals surface area (Å²) in [6, 6.07) is 26.9. The van der Waals surface area contributed by atoms with E-state index < -0.39 is 0 Å². The van der Waals surface area contributed by atoms with Crippen molar-refractivity contribution < 1.29 is 4.74 Å². The number of para-hydroxylation sites is 1. The number of hydrogen-bond donors (Lipinski definition) is 1. The molecule has 0 atom stereocenters. The molecular weight excluding hydrogens is 428 g/mol. The summed E-state index contributed by atoms with van der Waals surface area (Å²) in [6.45, 7) is 3.57. The maximum absolute atomic E-state index is 5.89. The average molecular weight is 455 g/mol. The lowest BCUT2D eigenvalue weighted by atomic mass is 10.1. The molecule has 33 heavy (non-hydrogen) atoms. The maximum atomic E-state index is 5.89. The summed E-state index contributed by atoms with van der Waals surface area (Å²) in [7, 11) is 0. The van der Waals surface area contributed by atoms with Crippen molar-refractivity contribution >= 4 is 22.7 Å². The minimum absolute atomic E-state index is 0.577. The molecule has 5 nitrogen and oxygen atoms in total. The van der Waals surface area contributed by atoms with Gasteiger partial charge in [0, 0.05) is 35.8 Å². The Bertz CT molecular complexity index is 1330. The number of ether oxygens (including phenoxy) is 1. The Hall–Kier alpha value is -3.51. The van der Waals surface area contributed by atoms with Crippen LogP contribution < -0.4 is 4.74 Å². The monoisotopic (exact) mass is 454 g/mol. The zero-order valence-corrected chi connectivity index (χ0v) is 19.4. The van der Waals surface area contributed by atoms with Gasteiger partial charge in [0.05, 0.1) is 0 Å². The molecule has 2 aromatic heterocycles. The Morgan fingerprint density at radius 1 is 0.879 bits per heavy atom. The number of hydrogen-bond acceptors (Lipinski definition) is 4. The molecule has 0 amide bonds. The van der Waals surface area contributed by atoms with Gasteiger partial charge in [-0.15, -0.1) is 10.2 Å². The SMILES string of the molecule is CCn1c(Cc2c[nH]c3ccccc23)nnc1SCc1ccc(OCc2ccccc2)cc1. The second kappa shape index (κ2) is 9.96. The first-order chi connectivity index (χ1) is 16.3. The highest BCUT2D eigenvalue weighted by atomic mass is 32.2. The standard InChI is InChI=1S/C27H26N4OS/c1-2-31-26(16-22-17-28-25-11-7-6-10-24(22)25)29-30-27(31)33-19-21-12-14-23(15-13-21)32-18-20-8-4-3-5-9-20/h3-15,17,28H,2,16,18-19H2,1H3. The van der Waals surface area contributed by atoms with Gasteiger partial charge < -0.3 is 14.3 Å². The van der Waals surface area contributed by atoms with E-state index in [1.54, 1.807) is 11.8 Å². The van der Waals surface area contributed by atoms with E-state index in [0.717, 1.165) is 41.0 Å². The normalized spacial score (nSPS) is 11.2. The third-order valence-corrected chi connectivity index (χ3v) is 6.71. The quantitative estimate of drug-likeness (QED) is 0.268. The first kappa shape index (κ1) is 21.3. The lowest BCUT2D eigenvalue weighted by Gasteiger charge is -2.09. The van der Waals surface area contributed by atoms with Gasteiger partial charge in [-0.25, -0.2) is 0 Å². The van der Waals surface area contributed by atoms with Crippen LogP contribution in [0.5, 0.6) is 5.75 Å². The Kier molecular flexibility index (Phi) is 6.44. The number of aromatic amines is 1. The second-order valence-electron chi connectivity index (χ2n) is 7.89. The Morgan fingerprint density at radius 3 is 2.48 bits per heavy atom. The molecule has 0 aliphatic heterocycles.